The van der Waals surface area contributed by atoms with E-state index in [0.29, 0.717) is 6.42 Å². The number of aromatic nitrogens is 2. The zero-order chi connectivity index (χ0) is 8.10. The molecule has 5 heteroatoms. The first kappa shape index (κ1) is 14.5. The SMILES string of the molecule is C[n+]1ccn(CCCC#N)c1.O.[Cl-]. The summed E-state index contributed by atoms with van der Waals surface area (Å²) in [5.41, 5.74) is 0. The normalized spacial score (nSPS) is 8.00. The van der Waals surface area contributed by atoms with Gasteiger partial charge in [0.05, 0.1) is 19.7 Å². The Morgan fingerprint density at radius 1 is 1.54 bits per heavy atom. The molecule has 0 atom stereocenters. The highest BCUT2D eigenvalue weighted by Crippen LogP contribution is 1.91. The largest absolute Gasteiger partial charge is 1.00 e. The molecular weight excluding hydrogens is 190 g/mol. The van der Waals surface area contributed by atoms with Gasteiger partial charge in [0.2, 0.25) is 6.33 Å². The summed E-state index contributed by atoms with van der Waals surface area (Å²) in [5, 5.41) is 8.29. The van der Waals surface area contributed by atoms with Crippen LogP contribution in [0, 0.1) is 11.3 Å². The molecular formula is C8H14ClN3O. The van der Waals surface area contributed by atoms with E-state index in [0.717, 1.165) is 13.0 Å². The van der Waals surface area contributed by atoms with E-state index in [1.165, 1.54) is 0 Å². The molecule has 0 aliphatic heterocycles. The van der Waals surface area contributed by atoms with Gasteiger partial charge in [0.15, 0.2) is 0 Å². The Balaban J connectivity index is 0. The van der Waals surface area contributed by atoms with Crippen molar-refractivity contribution >= 4 is 0 Å². The van der Waals surface area contributed by atoms with Crippen molar-refractivity contribution in [1.82, 2.24) is 4.57 Å². The minimum absolute atomic E-state index is 0. The number of nitriles is 1. The van der Waals surface area contributed by atoms with Crippen LogP contribution in [0.3, 0.4) is 0 Å². The molecule has 0 spiro atoms. The summed E-state index contributed by atoms with van der Waals surface area (Å²) < 4.78 is 4.07. The fourth-order valence-electron chi connectivity index (χ4n) is 0.975. The predicted octanol–water partition coefficient (Wildman–Crippen LogP) is -3.20. The van der Waals surface area contributed by atoms with Gasteiger partial charge in [-0.25, -0.2) is 9.13 Å². The zero-order valence-corrected chi connectivity index (χ0v) is 8.33. The molecule has 0 aromatic carbocycles. The van der Waals surface area contributed by atoms with E-state index < -0.39 is 0 Å². The molecule has 1 heterocycles. The van der Waals surface area contributed by atoms with Gasteiger partial charge in [-0.1, -0.05) is 0 Å². The summed E-state index contributed by atoms with van der Waals surface area (Å²) >= 11 is 0. The maximum absolute atomic E-state index is 8.29. The first-order valence-corrected chi connectivity index (χ1v) is 3.71. The highest BCUT2D eigenvalue weighted by Gasteiger charge is 1.97. The van der Waals surface area contributed by atoms with Gasteiger partial charge in [0.1, 0.15) is 12.4 Å². The standard InChI is InChI=1S/C8H12N3.ClH.H2O/c1-10-6-7-11(8-10)5-3-2-4-9;;/h6-8H,2-3,5H2,1H3;1H;1H2/q+1;;/p-1. The summed E-state index contributed by atoms with van der Waals surface area (Å²) in [7, 11) is 1.99. The number of unbranched alkanes of at least 4 members (excludes halogenated alkanes) is 1. The highest BCUT2D eigenvalue weighted by atomic mass is 35.5. The van der Waals surface area contributed by atoms with Crippen LogP contribution >= 0.6 is 0 Å². The van der Waals surface area contributed by atoms with Crippen molar-refractivity contribution in [2.75, 3.05) is 0 Å². The second-order valence-electron chi connectivity index (χ2n) is 2.58. The van der Waals surface area contributed by atoms with Gasteiger partial charge in [0.25, 0.3) is 0 Å². The fraction of sp³-hybridized carbons (Fsp3) is 0.500. The Morgan fingerprint density at radius 2 is 2.23 bits per heavy atom. The van der Waals surface area contributed by atoms with Crippen molar-refractivity contribution < 1.29 is 22.5 Å². The third-order valence-electron chi connectivity index (χ3n) is 1.53. The van der Waals surface area contributed by atoms with Crippen molar-refractivity contribution in [3.63, 3.8) is 0 Å². The Morgan fingerprint density at radius 3 is 2.69 bits per heavy atom. The maximum Gasteiger partial charge on any atom is 0.243 e. The average Bonchev–Trinajstić information content (AvgIpc) is 2.37. The summed E-state index contributed by atoms with van der Waals surface area (Å²) in [5.74, 6) is 0. The summed E-state index contributed by atoms with van der Waals surface area (Å²) in [6.07, 6.45) is 7.59. The lowest BCUT2D eigenvalue weighted by atomic mass is 10.3. The van der Waals surface area contributed by atoms with Crippen LogP contribution in [0.1, 0.15) is 12.8 Å². The molecule has 1 aromatic heterocycles. The fourth-order valence-corrected chi connectivity index (χ4v) is 0.975. The average molecular weight is 204 g/mol. The van der Waals surface area contributed by atoms with Gasteiger partial charge < -0.3 is 17.9 Å². The number of aryl methyl sites for hydroxylation is 2. The maximum atomic E-state index is 8.29. The molecule has 0 unspecified atom stereocenters. The Kier molecular flexibility index (Phi) is 8.45. The molecule has 0 radical (unpaired) electrons. The van der Waals surface area contributed by atoms with E-state index in [1.807, 2.05) is 30.3 Å². The minimum Gasteiger partial charge on any atom is -1.00 e. The van der Waals surface area contributed by atoms with Crippen LogP contribution in [0.25, 0.3) is 0 Å². The first-order valence-electron chi connectivity index (χ1n) is 3.71. The summed E-state index contributed by atoms with van der Waals surface area (Å²) in [4.78, 5) is 0. The zero-order valence-electron chi connectivity index (χ0n) is 7.57. The molecule has 0 bridgehead atoms. The van der Waals surface area contributed by atoms with Crippen LogP contribution in [-0.2, 0) is 13.6 Å². The monoisotopic (exact) mass is 203 g/mol. The lowest BCUT2D eigenvalue weighted by Gasteiger charge is -1.89. The van der Waals surface area contributed by atoms with E-state index in [4.69, 9.17) is 5.26 Å². The Bertz CT molecular complexity index is 267. The topological polar surface area (TPSA) is 64.1 Å². The van der Waals surface area contributed by atoms with Gasteiger partial charge in [-0.2, -0.15) is 5.26 Å². The third kappa shape index (κ3) is 5.23. The molecule has 1 aromatic rings. The van der Waals surface area contributed by atoms with E-state index >= 15 is 0 Å². The van der Waals surface area contributed by atoms with Gasteiger partial charge in [-0.3, -0.25) is 0 Å². The molecule has 0 saturated heterocycles. The van der Waals surface area contributed by atoms with Gasteiger partial charge in [-0.05, 0) is 6.42 Å². The second-order valence-corrected chi connectivity index (χ2v) is 2.58. The van der Waals surface area contributed by atoms with Crippen LogP contribution in [0.4, 0.5) is 0 Å². The molecule has 0 amide bonds. The van der Waals surface area contributed by atoms with Gasteiger partial charge >= 0.3 is 0 Å². The molecule has 0 fully saturated rings. The molecule has 4 nitrogen and oxygen atoms in total. The lowest BCUT2D eigenvalue weighted by Crippen LogP contribution is -3.00. The number of hydrogen-bond donors (Lipinski definition) is 0. The van der Waals surface area contributed by atoms with Gasteiger partial charge in [0, 0.05) is 6.42 Å². The number of nitrogens with zero attached hydrogens (tertiary/aromatic N) is 3. The van der Waals surface area contributed by atoms with E-state index in [2.05, 4.69) is 10.6 Å². The lowest BCUT2D eigenvalue weighted by molar-refractivity contribution is -0.671. The molecule has 1 rings (SSSR count). The van der Waals surface area contributed by atoms with Crippen LogP contribution in [0.5, 0.6) is 0 Å². The highest BCUT2D eigenvalue weighted by molar-refractivity contribution is 4.71. The van der Waals surface area contributed by atoms with E-state index in [9.17, 15) is 0 Å². The smallest absolute Gasteiger partial charge is 0.243 e. The molecule has 2 N–H and O–H groups in total. The molecule has 0 saturated carbocycles. The number of hydrogen-bond acceptors (Lipinski definition) is 1. The molecule has 0 aliphatic rings. The molecule has 0 aliphatic carbocycles. The Hall–Kier alpha value is -1.05. The van der Waals surface area contributed by atoms with Crippen molar-refractivity contribution in [3.8, 4) is 6.07 Å². The van der Waals surface area contributed by atoms with Crippen molar-refractivity contribution in [3.05, 3.63) is 18.7 Å². The summed E-state index contributed by atoms with van der Waals surface area (Å²) in [6, 6.07) is 2.12. The van der Waals surface area contributed by atoms with Crippen molar-refractivity contribution in [1.29, 1.82) is 5.26 Å². The van der Waals surface area contributed by atoms with Crippen LogP contribution in [0.2, 0.25) is 0 Å². The van der Waals surface area contributed by atoms with Crippen LogP contribution in [0.15, 0.2) is 18.7 Å². The molecule has 13 heavy (non-hydrogen) atoms. The third-order valence-corrected chi connectivity index (χ3v) is 1.53. The van der Waals surface area contributed by atoms with Crippen LogP contribution in [-0.4, -0.2) is 10.0 Å². The summed E-state index contributed by atoms with van der Waals surface area (Å²) in [6.45, 7) is 0.939. The van der Waals surface area contributed by atoms with Gasteiger partial charge in [-0.15, -0.1) is 0 Å². The number of imidazole rings is 1. The minimum atomic E-state index is 0. The van der Waals surface area contributed by atoms with Crippen LogP contribution < -0.4 is 17.0 Å². The van der Waals surface area contributed by atoms with E-state index in [-0.39, 0.29) is 17.9 Å². The quantitative estimate of drug-likeness (QED) is 0.377. The number of rotatable bonds is 3. The number of halogens is 1. The second kappa shape index (κ2) is 7.59. The van der Waals surface area contributed by atoms with E-state index in [1.54, 1.807) is 0 Å². The Labute approximate surface area is 84.1 Å². The molecule has 74 valence electrons. The van der Waals surface area contributed by atoms with Crippen molar-refractivity contribution in [2.24, 2.45) is 7.05 Å². The van der Waals surface area contributed by atoms with Crippen molar-refractivity contribution in [2.45, 2.75) is 19.4 Å². The predicted molar refractivity (Wildman–Crippen MR) is 44.1 cm³/mol. The first-order chi connectivity index (χ1) is 5.33.